The second-order valence-electron chi connectivity index (χ2n) is 6.72. The summed E-state index contributed by atoms with van der Waals surface area (Å²) in [5.74, 6) is -0.637. The smallest absolute Gasteiger partial charge is 0.295 e. The van der Waals surface area contributed by atoms with Gasteiger partial charge in [0.05, 0.1) is 22.3 Å². The van der Waals surface area contributed by atoms with Crippen LogP contribution < -0.4 is 15.6 Å². The lowest BCUT2D eigenvalue weighted by Crippen LogP contribution is -2.42. The third-order valence-electron chi connectivity index (χ3n) is 4.65. The minimum Gasteiger partial charge on any atom is -0.319 e. The maximum atomic E-state index is 12.9. The number of hydrogen-bond acceptors (Lipinski definition) is 4. The van der Waals surface area contributed by atoms with Crippen LogP contribution in [-0.4, -0.2) is 29.7 Å². The Morgan fingerprint density at radius 2 is 1.67 bits per heavy atom. The van der Waals surface area contributed by atoms with Crippen LogP contribution in [0.3, 0.4) is 0 Å². The minimum atomic E-state index is -3.90. The van der Waals surface area contributed by atoms with Gasteiger partial charge in [0.2, 0.25) is 15.9 Å². The molecule has 1 unspecified atom stereocenters. The predicted molar refractivity (Wildman–Crippen MR) is 118 cm³/mol. The molecule has 0 aliphatic rings. The molecule has 8 nitrogen and oxygen atoms in total. The van der Waals surface area contributed by atoms with Gasteiger partial charge < -0.3 is 5.32 Å². The second kappa shape index (κ2) is 8.58. The van der Waals surface area contributed by atoms with Crippen LogP contribution in [0.1, 0.15) is 12.6 Å². The molecule has 10 heteroatoms. The first-order valence-corrected chi connectivity index (χ1v) is 11.3. The lowest BCUT2D eigenvalue weighted by molar-refractivity contribution is -0.117. The van der Waals surface area contributed by atoms with Gasteiger partial charge in [-0.3, -0.25) is 14.3 Å². The lowest BCUT2D eigenvalue weighted by atomic mass is 10.3. The molecule has 0 saturated carbocycles. The molecule has 0 spiro atoms. The van der Waals surface area contributed by atoms with Crippen molar-refractivity contribution in [3.05, 3.63) is 75.1 Å². The summed E-state index contributed by atoms with van der Waals surface area (Å²) < 4.78 is 31.2. The van der Waals surface area contributed by atoms with Crippen LogP contribution in [0.4, 0.5) is 5.69 Å². The standard InChI is InChI=1S/C20H21BrN4O4S/c1-13(23-30(28,29)17-11-9-15(21)10-12-17)19(26)22-18-14(2)24(3)25(20(18)27)16-7-5-4-6-8-16/h4-13,23H,1-3H3,(H,22,26). The molecule has 3 rings (SSSR count). The summed E-state index contributed by atoms with van der Waals surface area (Å²) in [6, 6.07) is 14.0. The molecule has 0 bridgehead atoms. The van der Waals surface area contributed by atoms with Gasteiger partial charge in [-0.25, -0.2) is 13.1 Å². The summed E-state index contributed by atoms with van der Waals surface area (Å²) in [5, 5.41) is 2.56. The van der Waals surface area contributed by atoms with E-state index < -0.39 is 27.5 Å². The number of nitrogens with one attached hydrogen (secondary N) is 2. The van der Waals surface area contributed by atoms with E-state index in [0.717, 1.165) is 4.47 Å². The number of sulfonamides is 1. The molecule has 3 aromatic rings. The monoisotopic (exact) mass is 492 g/mol. The zero-order valence-electron chi connectivity index (χ0n) is 16.6. The molecule has 1 aromatic heterocycles. The van der Waals surface area contributed by atoms with E-state index in [-0.39, 0.29) is 10.6 Å². The topological polar surface area (TPSA) is 102 Å². The number of carbonyl (C=O) groups is 1. The van der Waals surface area contributed by atoms with Crippen LogP contribution in [0, 0.1) is 6.92 Å². The van der Waals surface area contributed by atoms with Crippen molar-refractivity contribution in [3.8, 4) is 5.69 Å². The van der Waals surface area contributed by atoms with Gasteiger partial charge >= 0.3 is 0 Å². The number of aromatic nitrogens is 2. The molecular weight excluding hydrogens is 472 g/mol. The molecular formula is C20H21BrN4O4S. The highest BCUT2D eigenvalue weighted by molar-refractivity contribution is 9.10. The van der Waals surface area contributed by atoms with Crippen molar-refractivity contribution >= 4 is 37.5 Å². The Morgan fingerprint density at radius 1 is 1.07 bits per heavy atom. The SMILES string of the molecule is Cc1c(NC(=O)C(C)NS(=O)(=O)c2ccc(Br)cc2)c(=O)n(-c2ccccc2)n1C. The first-order valence-electron chi connectivity index (χ1n) is 9.04. The first kappa shape index (κ1) is 22.0. The minimum absolute atomic E-state index is 0.0349. The highest BCUT2D eigenvalue weighted by Gasteiger charge is 2.25. The van der Waals surface area contributed by atoms with E-state index in [4.69, 9.17) is 0 Å². The Morgan fingerprint density at radius 3 is 2.27 bits per heavy atom. The van der Waals surface area contributed by atoms with Crippen LogP contribution in [0.15, 0.2) is 68.8 Å². The number of para-hydroxylation sites is 1. The van der Waals surface area contributed by atoms with Crippen molar-refractivity contribution in [1.29, 1.82) is 0 Å². The van der Waals surface area contributed by atoms with E-state index >= 15 is 0 Å². The zero-order valence-corrected chi connectivity index (χ0v) is 19.0. The van der Waals surface area contributed by atoms with E-state index in [1.54, 1.807) is 55.1 Å². The third kappa shape index (κ3) is 4.40. The third-order valence-corrected chi connectivity index (χ3v) is 6.74. The zero-order chi connectivity index (χ0) is 22.1. The molecule has 1 amide bonds. The number of benzene rings is 2. The van der Waals surface area contributed by atoms with E-state index in [1.165, 1.54) is 23.7 Å². The highest BCUT2D eigenvalue weighted by atomic mass is 79.9. The molecule has 0 fully saturated rings. The van der Waals surface area contributed by atoms with Crippen LogP contribution in [0.5, 0.6) is 0 Å². The van der Waals surface area contributed by atoms with Crippen LogP contribution in [-0.2, 0) is 21.9 Å². The molecule has 1 heterocycles. The van der Waals surface area contributed by atoms with E-state index in [0.29, 0.717) is 11.4 Å². The van der Waals surface area contributed by atoms with Crippen molar-refractivity contribution in [2.45, 2.75) is 24.8 Å². The highest BCUT2D eigenvalue weighted by Crippen LogP contribution is 2.16. The summed E-state index contributed by atoms with van der Waals surface area (Å²) in [6.45, 7) is 3.12. The fourth-order valence-corrected chi connectivity index (χ4v) is 4.38. The van der Waals surface area contributed by atoms with Gasteiger partial charge in [-0.1, -0.05) is 34.1 Å². The van der Waals surface area contributed by atoms with E-state index in [9.17, 15) is 18.0 Å². The van der Waals surface area contributed by atoms with Crippen LogP contribution in [0.2, 0.25) is 0 Å². The molecule has 30 heavy (non-hydrogen) atoms. The van der Waals surface area contributed by atoms with Crippen molar-refractivity contribution < 1.29 is 13.2 Å². The molecule has 2 N–H and O–H groups in total. The summed E-state index contributed by atoms with van der Waals surface area (Å²) >= 11 is 3.25. The van der Waals surface area contributed by atoms with Gasteiger partial charge in [0.25, 0.3) is 5.56 Å². The van der Waals surface area contributed by atoms with E-state index in [1.807, 2.05) is 6.07 Å². The summed E-state index contributed by atoms with van der Waals surface area (Å²) in [7, 11) is -2.19. The number of rotatable bonds is 6. The maximum Gasteiger partial charge on any atom is 0.295 e. The molecule has 0 aliphatic carbocycles. The molecule has 2 aromatic carbocycles. The lowest BCUT2D eigenvalue weighted by Gasteiger charge is -2.14. The molecule has 0 saturated heterocycles. The predicted octanol–water partition coefficient (Wildman–Crippen LogP) is 2.55. The fraction of sp³-hybridized carbons (Fsp3) is 0.200. The Bertz CT molecular complexity index is 1230. The summed E-state index contributed by atoms with van der Waals surface area (Å²) in [4.78, 5) is 25.6. The Hall–Kier alpha value is -2.69. The average Bonchev–Trinajstić information content (AvgIpc) is 2.91. The van der Waals surface area contributed by atoms with Crippen molar-refractivity contribution in [2.75, 3.05) is 5.32 Å². The quantitative estimate of drug-likeness (QED) is 0.551. The van der Waals surface area contributed by atoms with Crippen molar-refractivity contribution in [1.82, 2.24) is 14.1 Å². The van der Waals surface area contributed by atoms with E-state index in [2.05, 4.69) is 26.0 Å². The van der Waals surface area contributed by atoms with Crippen LogP contribution in [0.25, 0.3) is 5.69 Å². The summed E-state index contributed by atoms with van der Waals surface area (Å²) in [6.07, 6.45) is 0. The number of nitrogens with zero attached hydrogens (tertiary/aromatic N) is 2. The van der Waals surface area contributed by atoms with Gasteiger partial charge in [-0.15, -0.1) is 0 Å². The van der Waals surface area contributed by atoms with Gasteiger partial charge in [0.15, 0.2) is 0 Å². The Balaban J connectivity index is 1.82. The fourth-order valence-electron chi connectivity index (χ4n) is 2.91. The summed E-state index contributed by atoms with van der Waals surface area (Å²) in [5.41, 5.74) is 0.885. The van der Waals surface area contributed by atoms with Gasteiger partial charge in [-0.05, 0) is 50.2 Å². The second-order valence-corrected chi connectivity index (χ2v) is 9.35. The number of anilines is 1. The van der Waals surface area contributed by atoms with Crippen molar-refractivity contribution in [3.63, 3.8) is 0 Å². The number of hydrogen-bond donors (Lipinski definition) is 2. The largest absolute Gasteiger partial charge is 0.319 e. The molecule has 0 radical (unpaired) electrons. The van der Waals surface area contributed by atoms with Crippen molar-refractivity contribution in [2.24, 2.45) is 7.05 Å². The first-order chi connectivity index (χ1) is 14.1. The number of halogens is 1. The molecule has 158 valence electrons. The van der Waals surface area contributed by atoms with Gasteiger partial charge in [0, 0.05) is 11.5 Å². The molecule has 0 aliphatic heterocycles. The average molecular weight is 493 g/mol. The number of carbonyl (C=O) groups excluding carboxylic acids is 1. The van der Waals surface area contributed by atoms with Gasteiger partial charge in [0.1, 0.15) is 5.69 Å². The van der Waals surface area contributed by atoms with Gasteiger partial charge in [-0.2, -0.15) is 4.72 Å². The normalized spacial score (nSPS) is 12.5. The maximum absolute atomic E-state index is 12.9. The molecule has 1 atom stereocenters. The van der Waals surface area contributed by atoms with Crippen LogP contribution >= 0.6 is 15.9 Å². The number of amides is 1. The Labute approximate surface area is 182 Å². The Kier molecular flexibility index (Phi) is 6.30.